The predicted octanol–water partition coefficient (Wildman–Crippen LogP) is 4.01. The maximum absolute atomic E-state index is 5.96. The van der Waals surface area contributed by atoms with E-state index in [0.717, 1.165) is 11.8 Å². The molecule has 1 aliphatic carbocycles. The van der Waals surface area contributed by atoms with Gasteiger partial charge in [-0.2, -0.15) is 0 Å². The third-order valence-electron chi connectivity index (χ3n) is 3.88. The molecule has 1 fully saturated rings. The number of nitrogens with zero attached hydrogens (tertiary/aromatic N) is 2. The second-order valence-corrected chi connectivity index (χ2v) is 5.45. The summed E-state index contributed by atoms with van der Waals surface area (Å²) in [6, 6.07) is 0.616. The normalized spacial score (nSPS) is 26.2. The first-order valence-electron chi connectivity index (χ1n) is 6.30. The van der Waals surface area contributed by atoms with Crippen molar-refractivity contribution in [2.75, 3.05) is 0 Å². The molecule has 1 aliphatic rings. The molecule has 1 aromatic rings. The van der Waals surface area contributed by atoms with Crippen molar-refractivity contribution in [3.63, 3.8) is 0 Å². The molecule has 16 heavy (non-hydrogen) atoms. The van der Waals surface area contributed by atoms with E-state index in [4.69, 9.17) is 11.6 Å². The highest BCUT2D eigenvalue weighted by Gasteiger charge is 2.29. The zero-order chi connectivity index (χ0) is 11.5. The minimum Gasteiger partial charge on any atom is -0.330 e. The quantitative estimate of drug-likeness (QED) is 0.730. The van der Waals surface area contributed by atoms with Gasteiger partial charge in [0, 0.05) is 12.2 Å². The van der Waals surface area contributed by atoms with Gasteiger partial charge in [0.2, 0.25) is 0 Å². The molecule has 3 heteroatoms. The number of rotatable bonds is 3. The highest BCUT2D eigenvalue weighted by Crippen LogP contribution is 2.39. The Morgan fingerprint density at radius 1 is 1.44 bits per heavy atom. The summed E-state index contributed by atoms with van der Waals surface area (Å²) in [6.07, 6.45) is 9.21. The summed E-state index contributed by atoms with van der Waals surface area (Å²) in [7, 11) is 0. The van der Waals surface area contributed by atoms with Crippen LogP contribution in [0.2, 0.25) is 0 Å². The number of halogens is 1. The summed E-state index contributed by atoms with van der Waals surface area (Å²) < 4.78 is 2.32. The van der Waals surface area contributed by atoms with Gasteiger partial charge in [-0.1, -0.05) is 26.7 Å². The molecule has 1 aromatic heterocycles. The first-order chi connectivity index (χ1) is 7.74. The molecule has 0 bridgehead atoms. The molecule has 1 heterocycles. The van der Waals surface area contributed by atoms with Crippen LogP contribution >= 0.6 is 11.6 Å². The first-order valence-corrected chi connectivity index (χ1v) is 6.84. The van der Waals surface area contributed by atoms with E-state index >= 15 is 0 Å². The topological polar surface area (TPSA) is 17.8 Å². The molecular formula is C13H21ClN2. The summed E-state index contributed by atoms with van der Waals surface area (Å²) in [5.41, 5.74) is 1.17. The minimum absolute atomic E-state index is 0.571. The fourth-order valence-corrected chi connectivity index (χ4v) is 3.20. The third kappa shape index (κ3) is 2.27. The maximum Gasteiger partial charge on any atom is 0.0951 e. The van der Waals surface area contributed by atoms with Crippen molar-refractivity contribution >= 4 is 11.6 Å². The van der Waals surface area contributed by atoms with Crippen LogP contribution in [0.3, 0.4) is 0 Å². The Morgan fingerprint density at radius 3 is 2.88 bits per heavy atom. The van der Waals surface area contributed by atoms with E-state index in [1.165, 1.54) is 31.4 Å². The molecule has 0 aliphatic heterocycles. The summed E-state index contributed by atoms with van der Waals surface area (Å²) in [5, 5.41) is 0. The zero-order valence-corrected chi connectivity index (χ0v) is 11.0. The van der Waals surface area contributed by atoms with Gasteiger partial charge in [-0.05, 0) is 24.7 Å². The van der Waals surface area contributed by atoms with Crippen LogP contribution in [0.1, 0.15) is 51.3 Å². The molecular weight excluding hydrogens is 220 g/mol. The van der Waals surface area contributed by atoms with Crippen LogP contribution in [0.25, 0.3) is 0 Å². The standard InChI is InChI=1S/C13H21ClN2/c1-10(2)12-5-3-4-6-13(12)16-9-15-8-11(16)7-14/h8-10,12-13H,3-7H2,1-2H3. The Bertz CT molecular complexity index is 332. The van der Waals surface area contributed by atoms with Crippen LogP contribution < -0.4 is 0 Å². The second kappa shape index (κ2) is 5.22. The van der Waals surface area contributed by atoms with Crippen LogP contribution in [0.4, 0.5) is 0 Å². The lowest BCUT2D eigenvalue weighted by Gasteiger charge is -2.36. The van der Waals surface area contributed by atoms with E-state index in [2.05, 4.69) is 23.4 Å². The fourth-order valence-electron chi connectivity index (χ4n) is 3.00. The molecule has 2 rings (SSSR count). The number of alkyl halides is 1. The Kier molecular flexibility index (Phi) is 3.91. The van der Waals surface area contributed by atoms with Gasteiger partial charge in [0.05, 0.1) is 17.9 Å². The van der Waals surface area contributed by atoms with Crippen LogP contribution in [-0.2, 0) is 5.88 Å². The smallest absolute Gasteiger partial charge is 0.0951 e. The minimum atomic E-state index is 0.571. The summed E-state index contributed by atoms with van der Waals surface area (Å²) in [6.45, 7) is 4.67. The summed E-state index contributed by atoms with van der Waals surface area (Å²) >= 11 is 5.96. The molecule has 0 saturated heterocycles. The number of imidazole rings is 1. The SMILES string of the molecule is CC(C)C1CCCCC1n1cncc1CCl. The summed E-state index contributed by atoms with van der Waals surface area (Å²) in [5.74, 6) is 2.10. The van der Waals surface area contributed by atoms with E-state index in [0.29, 0.717) is 11.9 Å². The van der Waals surface area contributed by atoms with Crippen LogP contribution in [0.5, 0.6) is 0 Å². The van der Waals surface area contributed by atoms with E-state index in [1.54, 1.807) is 0 Å². The van der Waals surface area contributed by atoms with Crippen molar-refractivity contribution in [1.82, 2.24) is 9.55 Å². The van der Waals surface area contributed by atoms with Crippen molar-refractivity contribution in [1.29, 1.82) is 0 Å². The molecule has 2 atom stereocenters. The van der Waals surface area contributed by atoms with Crippen LogP contribution in [0.15, 0.2) is 12.5 Å². The van der Waals surface area contributed by atoms with Gasteiger partial charge in [0.25, 0.3) is 0 Å². The molecule has 0 spiro atoms. The molecule has 90 valence electrons. The van der Waals surface area contributed by atoms with Crippen molar-refractivity contribution in [2.45, 2.75) is 51.5 Å². The van der Waals surface area contributed by atoms with E-state index < -0.39 is 0 Å². The van der Waals surface area contributed by atoms with Crippen LogP contribution in [0, 0.1) is 11.8 Å². The fraction of sp³-hybridized carbons (Fsp3) is 0.769. The van der Waals surface area contributed by atoms with Gasteiger partial charge in [0.1, 0.15) is 0 Å². The molecule has 1 saturated carbocycles. The molecule has 0 amide bonds. The van der Waals surface area contributed by atoms with Crippen molar-refractivity contribution in [2.24, 2.45) is 11.8 Å². The maximum atomic E-state index is 5.96. The average Bonchev–Trinajstić information content (AvgIpc) is 2.76. The van der Waals surface area contributed by atoms with Crippen molar-refractivity contribution in [3.05, 3.63) is 18.2 Å². The number of hydrogen-bond donors (Lipinski definition) is 0. The average molecular weight is 241 g/mol. The van der Waals surface area contributed by atoms with Crippen molar-refractivity contribution < 1.29 is 0 Å². The lowest BCUT2D eigenvalue weighted by Crippen LogP contribution is -2.27. The largest absolute Gasteiger partial charge is 0.330 e. The lowest BCUT2D eigenvalue weighted by atomic mass is 9.77. The van der Waals surface area contributed by atoms with Gasteiger partial charge in [0.15, 0.2) is 0 Å². The monoisotopic (exact) mass is 240 g/mol. The van der Waals surface area contributed by atoms with Gasteiger partial charge in [-0.25, -0.2) is 4.98 Å². The van der Waals surface area contributed by atoms with Gasteiger partial charge < -0.3 is 4.57 Å². The Labute approximate surface area is 103 Å². The van der Waals surface area contributed by atoms with Gasteiger partial charge >= 0.3 is 0 Å². The summed E-state index contributed by atoms with van der Waals surface area (Å²) in [4.78, 5) is 4.24. The highest BCUT2D eigenvalue weighted by atomic mass is 35.5. The molecule has 2 nitrogen and oxygen atoms in total. The van der Waals surface area contributed by atoms with Gasteiger partial charge in [-0.3, -0.25) is 0 Å². The molecule has 0 radical (unpaired) electrons. The Morgan fingerprint density at radius 2 is 2.19 bits per heavy atom. The lowest BCUT2D eigenvalue weighted by molar-refractivity contribution is 0.182. The van der Waals surface area contributed by atoms with Gasteiger partial charge in [-0.15, -0.1) is 11.6 Å². The van der Waals surface area contributed by atoms with Crippen molar-refractivity contribution in [3.8, 4) is 0 Å². The predicted molar refractivity (Wildman–Crippen MR) is 67.6 cm³/mol. The molecule has 2 unspecified atom stereocenters. The van der Waals surface area contributed by atoms with E-state index in [9.17, 15) is 0 Å². The molecule has 0 aromatic carbocycles. The number of aromatic nitrogens is 2. The molecule has 0 N–H and O–H groups in total. The Hall–Kier alpha value is -0.500. The Balaban J connectivity index is 2.23. The van der Waals surface area contributed by atoms with E-state index in [1.807, 2.05) is 12.5 Å². The zero-order valence-electron chi connectivity index (χ0n) is 10.2. The van der Waals surface area contributed by atoms with E-state index in [-0.39, 0.29) is 0 Å². The first kappa shape index (κ1) is 12.0. The number of hydrogen-bond acceptors (Lipinski definition) is 1. The van der Waals surface area contributed by atoms with Crippen LogP contribution in [-0.4, -0.2) is 9.55 Å². The third-order valence-corrected chi connectivity index (χ3v) is 4.15. The second-order valence-electron chi connectivity index (χ2n) is 5.19. The highest BCUT2D eigenvalue weighted by molar-refractivity contribution is 6.16.